The summed E-state index contributed by atoms with van der Waals surface area (Å²) in [4.78, 5) is 0. The quantitative estimate of drug-likeness (QED) is 0.353. The predicted molar refractivity (Wildman–Crippen MR) is 77.1 cm³/mol. The molecule has 0 unspecified atom stereocenters. The lowest BCUT2D eigenvalue weighted by Crippen LogP contribution is -2.06. The molecule has 0 saturated heterocycles. The predicted octanol–water partition coefficient (Wildman–Crippen LogP) is 3.57. The second-order valence-corrected chi connectivity index (χ2v) is 5.13. The van der Waals surface area contributed by atoms with Crippen LogP contribution in [0.25, 0.3) is 0 Å². The molecule has 2 aromatic rings. The summed E-state index contributed by atoms with van der Waals surface area (Å²) in [5.74, 6) is 0.942. The van der Waals surface area contributed by atoms with Crippen LogP contribution in [-0.4, -0.2) is 11.0 Å². The maximum atomic E-state index is 11.9. The molecule has 0 amide bonds. The largest absolute Gasteiger partial charge is 0.624 e. The van der Waals surface area contributed by atoms with Gasteiger partial charge < -0.3 is 5.21 Å². The SMILES string of the molecule is [O-]/[N+](=C\[C@H]1C[C@@H]1c1ccccc1)Cc1ccccc1. The van der Waals surface area contributed by atoms with Gasteiger partial charge in [-0.05, 0) is 17.9 Å². The first kappa shape index (κ1) is 12.0. The molecule has 0 spiro atoms. The zero-order valence-corrected chi connectivity index (χ0v) is 10.8. The highest BCUT2D eigenvalue weighted by molar-refractivity contribution is 5.62. The summed E-state index contributed by atoms with van der Waals surface area (Å²) >= 11 is 0. The molecule has 3 rings (SSSR count). The number of benzene rings is 2. The number of hydroxylamine groups is 1. The summed E-state index contributed by atoms with van der Waals surface area (Å²) in [7, 11) is 0. The molecule has 0 bridgehead atoms. The molecular weight excluding hydrogens is 234 g/mol. The normalized spacial score (nSPS) is 22.2. The minimum absolute atomic E-state index is 0.406. The molecule has 96 valence electrons. The molecule has 1 aliphatic rings. The third kappa shape index (κ3) is 3.02. The zero-order chi connectivity index (χ0) is 13.1. The number of hydrogen-bond acceptors (Lipinski definition) is 1. The van der Waals surface area contributed by atoms with E-state index in [0.717, 1.165) is 16.7 Å². The van der Waals surface area contributed by atoms with E-state index >= 15 is 0 Å². The third-order valence-electron chi connectivity index (χ3n) is 3.61. The van der Waals surface area contributed by atoms with Crippen molar-refractivity contribution in [3.8, 4) is 0 Å². The van der Waals surface area contributed by atoms with Crippen LogP contribution in [0.5, 0.6) is 0 Å². The first-order valence-corrected chi connectivity index (χ1v) is 6.70. The molecule has 0 radical (unpaired) electrons. The van der Waals surface area contributed by atoms with Crippen LogP contribution in [0.1, 0.15) is 23.5 Å². The van der Waals surface area contributed by atoms with Crippen LogP contribution in [0, 0.1) is 11.1 Å². The van der Waals surface area contributed by atoms with Crippen LogP contribution in [-0.2, 0) is 6.54 Å². The highest BCUT2D eigenvalue weighted by atomic mass is 16.5. The van der Waals surface area contributed by atoms with Gasteiger partial charge in [-0.3, -0.25) is 0 Å². The Hall–Kier alpha value is -2.09. The molecule has 0 aliphatic heterocycles. The van der Waals surface area contributed by atoms with E-state index in [-0.39, 0.29) is 0 Å². The monoisotopic (exact) mass is 251 g/mol. The molecule has 0 aromatic heterocycles. The van der Waals surface area contributed by atoms with Crippen LogP contribution in [0.3, 0.4) is 0 Å². The van der Waals surface area contributed by atoms with Crippen molar-refractivity contribution in [2.24, 2.45) is 5.92 Å². The molecule has 2 nitrogen and oxygen atoms in total. The Balaban J connectivity index is 1.62. The third-order valence-corrected chi connectivity index (χ3v) is 3.61. The van der Waals surface area contributed by atoms with E-state index in [4.69, 9.17) is 0 Å². The minimum Gasteiger partial charge on any atom is -0.624 e. The first-order chi connectivity index (χ1) is 9.33. The Morgan fingerprint density at radius 3 is 2.32 bits per heavy atom. The van der Waals surface area contributed by atoms with Gasteiger partial charge >= 0.3 is 0 Å². The average Bonchev–Trinajstić information content (AvgIpc) is 3.20. The topological polar surface area (TPSA) is 26.1 Å². The van der Waals surface area contributed by atoms with E-state index in [1.165, 1.54) is 5.56 Å². The van der Waals surface area contributed by atoms with E-state index in [2.05, 4.69) is 24.3 Å². The highest BCUT2D eigenvalue weighted by Crippen LogP contribution is 2.45. The minimum atomic E-state index is 0.406. The van der Waals surface area contributed by atoms with Crippen LogP contribution in [0.4, 0.5) is 0 Å². The summed E-state index contributed by atoms with van der Waals surface area (Å²) in [6.07, 6.45) is 2.93. The number of rotatable bonds is 4. The van der Waals surface area contributed by atoms with E-state index in [1.807, 2.05) is 42.6 Å². The molecule has 1 fully saturated rings. The zero-order valence-electron chi connectivity index (χ0n) is 10.8. The molecule has 1 aliphatic carbocycles. The Morgan fingerprint density at radius 1 is 1.00 bits per heavy atom. The van der Waals surface area contributed by atoms with Crippen LogP contribution >= 0.6 is 0 Å². The smallest absolute Gasteiger partial charge is 0.178 e. The van der Waals surface area contributed by atoms with E-state index in [1.54, 1.807) is 0 Å². The van der Waals surface area contributed by atoms with Gasteiger partial charge in [-0.25, -0.2) is 4.74 Å². The Bertz CT molecular complexity index is 562. The van der Waals surface area contributed by atoms with Crippen molar-refractivity contribution in [3.63, 3.8) is 0 Å². The lowest BCUT2D eigenvalue weighted by Gasteiger charge is -2.04. The Morgan fingerprint density at radius 2 is 1.63 bits per heavy atom. The number of hydrogen-bond donors (Lipinski definition) is 0. The number of nitrogens with zero attached hydrogens (tertiary/aromatic N) is 1. The fraction of sp³-hybridized carbons (Fsp3) is 0.235. The fourth-order valence-electron chi connectivity index (χ4n) is 2.49. The van der Waals surface area contributed by atoms with Crippen molar-refractivity contribution in [3.05, 3.63) is 77.0 Å². The second kappa shape index (κ2) is 5.27. The van der Waals surface area contributed by atoms with Crippen molar-refractivity contribution in [2.75, 3.05) is 0 Å². The second-order valence-electron chi connectivity index (χ2n) is 5.13. The standard InChI is InChI=1S/C17H17NO/c19-18(12-14-7-3-1-4-8-14)13-16-11-17(16)15-9-5-2-6-10-15/h1-10,13,16-17H,11-12H2/b18-13-/t16-,17-/m1/s1. The van der Waals surface area contributed by atoms with Gasteiger partial charge in [0.2, 0.25) is 0 Å². The van der Waals surface area contributed by atoms with E-state index < -0.39 is 0 Å². The molecule has 1 saturated carbocycles. The maximum Gasteiger partial charge on any atom is 0.178 e. The Labute approximate surface area is 113 Å². The van der Waals surface area contributed by atoms with Crippen molar-refractivity contribution in [2.45, 2.75) is 18.9 Å². The molecular formula is C17H17NO. The average molecular weight is 251 g/mol. The van der Waals surface area contributed by atoms with Gasteiger partial charge in [-0.1, -0.05) is 60.7 Å². The molecule has 0 heterocycles. The van der Waals surface area contributed by atoms with Crippen molar-refractivity contribution < 1.29 is 4.74 Å². The van der Waals surface area contributed by atoms with Crippen LogP contribution in [0.2, 0.25) is 0 Å². The van der Waals surface area contributed by atoms with Crippen LogP contribution < -0.4 is 0 Å². The van der Waals surface area contributed by atoms with E-state index in [0.29, 0.717) is 18.4 Å². The van der Waals surface area contributed by atoms with Gasteiger partial charge in [0, 0.05) is 11.5 Å². The lowest BCUT2D eigenvalue weighted by atomic mass is 10.1. The van der Waals surface area contributed by atoms with Gasteiger partial charge in [0.05, 0.1) is 0 Å². The van der Waals surface area contributed by atoms with Crippen molar-refractivity contribution in [1.29, 1.82) is 0 Å². The van der Waals surface area contributed by atoms with E-state index in [9.17, 15) is 5.21 Å². The summed E-state index contributed by atoms with van der Waals surface area (Å²) in [6, 6.07) is 20.3. The van der Waals surface area contributed by atoms with Gasteiger partial charge in [0.25, 0.3) is 0 Å². The molecule has 2 atom stereocenters. The summed E-state index contributed by atoms with van der Waals surface area (Å²) < 4.78 is 1.07. The molecule has 2 heteroatoms. The lowest BCUT2D eigenvalue weighted by molar-refractivity contribution is -0.471. The van der Waals surface area contributed by atoms with Crippen LogP contribution in [0.15, 0.2) is 60.7 Å². The molecule has 19 heavy (non-hydrogen) atoms. The van der Waals surface area contributed by atoms with Crippen molar-refractivity contribution in [1.82, 2.24) is 0 Å². The summed E-state index contributed by atoms with van der Waals surface area (Å²) in [5, 5.41) is 11.9. The molecule has 2 aromatic carbocycles. The first-order valence-electron chi connectivity index (χ1n) is 6.70. The fourth-order valence-corrected chi connectivity index (χ4v) is 2.49. The van der Waals surface area contributed by atoms with Crippen molar-refractivity contribution >= 4 is 6.21 Å². The maximum absolute atomic E-state index is 11.9. The molecule has 0 N–H and O–H groups in total. The highest BCUT2D eigenvalue weighted by Gasteiger charge is 2.39. The van der Waals surface area contributed by atoms with Gasteiger partial charge in [0.15, 0.2) is 12.8 Å². The summed E-state index contributed by atoms with van der Waals surface area (Å²) in [6.45, 7) is 0.443. The van der Waals surface area contributed by atoms with Gasteiger partial charge in [-0.2, -0.15) is 0 Å². The van der Waals surface area contributed by atoms with Gasteiger partial charge in [0.1, 0.15) is 0 Å². The van der Waals surface area contributed by atoms with Gasteiger partial charge in [-0.15, -0.1) is 0 Å². The summed E-state index contributed by atoms with van der Waals surface area (Å²) in [5.41, 5.74) is 2.41. The Kier molecular flexibility index (Phi) is 3.32.